The van der Waals surface area contributed by atoms with Crippen molar-refractivity contribution in [2.75, 3.05) is 27.3 Å². The van der Waals surface area contributed by atoms with Gasteiger partial charge in [-0.3, -0.25) is 43.1 Å². The summed E-state index contributed by atoms with van der Waals surface area (Å²) >= 11 is 0. The molecule has 1 aliphatic carbocycles. The maximum atomic E-state index is 13.1. The fraction of sp³-hybridized carbons (Fsp3) is 0.400. The highest BCUT2D eigenvalue weighted by Gasteiger charge is 2.44. The number of hydrogen-bond acceptors (Lipinski definition) is 10. The maximum Gasteiger partial charge on any atom is 0.276 e. The molecule has 2 N–H and O–H groups in total. The lowest BCUT2D eigenvalue weighted by Crippen LogP contribution is -2.47. The van der Waals surface area contributed by atoms with E-state index in [0.29, 0.717) is 61.4 Å². The van der Waals surface area contributed by atoms with E-state index in [9.17, 15) is 33.6 Å². The van der Waals surface area contributed by atoms with Gasteiger partial charge in [0.2, 0.25) is 11.8 Å². The van der Waals surface area contributed by atoms with Crippen molar-refractivity contribution in [2.24, 2.45) is 14.1 Å². The Morgan fingerprint density at radius 1 is 0.836 bits per heavy atom. The molecular weight excluding hydrogens is 708 g/mol. The second-order valence-electron chi connectivity index (χ2n) is 13.9. The monoisotopic (exact) mass is 752 g/mol. The van der Waals surface area contributed by atoms with Crippen molar-refractivity contribution in [1.82, 2.24) is 29.9 Å². The van der Waals surface area contributed by atoms with Crippen LogP contribution in [0.1, 0.15) is 76.8 Å². The number of ether oxygens (including phenoxy) is 2. The van der Waals surface area contributed by atoms with Crippen molar-refractivity contribution >= 4 is 46.1 Å². The van der Waals surface area contributed by atoms with Gasteiger partial charge in [0.1, 0.15) is 22.8 Å². The molecule has 1 atom stereocenters. The van der Waals surface area contributed by atoms with Gasteiger partial charge in [-0.25, -0.2) is 0 Å². The quantitative estimate of drug-likeness (QED) is 0.104. The average Bonchev–Trinajstić information content (AvgIpc) is 3.67. The van der Waals surface area contributed by atoms with E-state index in [1.807, 2.05) is 12.1 Å². The number of aryl methyl sites for hydroxylation is 3. The minimum Gasteiger partial charge on any atom is -0.496 e. The van der Waals surface area contributed by atoms with Crippen LogP contribution in [-0.2, 0) is 46.1 Å². The number of ketones is 2. The number of methoxy groups -OCH3 is 2. The molecule has 2 aromatic heterocycles. The zero-order chi connectivity index (χ0) is 39.4. The Morgan fingerprint density at radius 3 is 2.18 bits per heavy atom. The first-order valence-electron chi connectivity index (χ1n) is 18.3. The number of aromatic nitrogens is 3. The molecule has 2 aliphatic rings. The van der Waals surface area contributed by atoms with Gasteiger partial charge in [0.05, 0.1) is 44.0 Å². The Morgan fingerprint density at radius 2 is 1.51 bits per heavy atom. The number of hydrogen-bond donors (Lipinski definition) is 2. The van der Waals surface area contributed by atoms with Crippen LogP contribution in [0.4, 0.5) is 0 Å². The molecule has 288 valence electrons. The van der Waals surface area contributed by atoms with Crippen molar-refractivity contribution in [3.8, 4) is 22.6 Å². The third kappa shape index (κ3) is 8.05. The molecule has 1 fully saturated rings. The number of carbonyl (C=O) groups is 6. The van der Waals surface area contributed by atoms with Crippen molar-refractivity contribution in [2.45, 2.75) is 63.8 Å². The van der Waals surface area contributed by atoms with E-state index in [1.54, 1.807) is 63.6 Å². The summed E-state index contributed by atoms with van der Waals surface area (Å²) in [6.45, 7) is 0.753. The summed E-state index contributed by atoms with van der Waals surface area (Å²) in [5, 5.41) is 10.7. The summed E-state index contributed by atoms with van der Waals surface area (Å²) in [6, 6.07) is 7.70. The highest BCUT2D eigenvalue weighted by atomic mass is 16.5. The van der Waals surface area contributed by atoms with E-state index in [-0.39, 0.29) is 66.4 Å². The van der Waals surface area contributed by atoms with E-state index in [1.165, 1.54) is 4.57 Å². The first-order valence-corrected chi connectivity index (χ1v) is 18.3. The molecule has 15 nitrogen and oxygen atoms in total. The Kier molecular flexibility index (Phi) is 11.6. The number of benzene rings is 2. The maximum absolute atomic E-state index is 13.1. The minimum atomic E-state index is -0.929. The number of rotatable bonds is 15. The first-order chi connectivity index (χ1) is 26.4. The number of Topliss-reactive ketones (excluding diaryl/α,β-unsaturated/α-hetero) is 2. The zero-order valence-electron chi connectivity index (χ0n) is 31.4. The summed E-state index contributed by atoms with van der Waals surface area (Å²) in [7, 11) is 6.58. The topological polar surface area (TPSA) is 188 Å². The van der Waals surface area contributed by atoms with Gasteiger partial charge in [-0.1, -0.05) is 6.07 Å². The van der Waals surface area contributed by atoms with Gasteiger partial charge < -0.3 is 24.7 Å². The van der Waals surface area contributed by atoms with Crippen LogP contribution < -0.4 is 25.7 Å². The standard InChI is InChI=1S/C40H44N6O9/c1-44-22-30(29-21-43-45(2)37(29)40(44)53)24-18-33(54-3)27(34(19-24)55-4)7-5-8-35(49)41-15-6-16-42-36(50)14-10-23-9-12-26-28(17-23)39(52)46(38(26)51)31-13-11-25(47)20-32(31)48/h9,12,17-19,21-22,31H,5-8,10-11,13-16,20H2,1-4H3,(H,41,49)(H,42,50). The molecular formula is C40H44N6O9. The number of carbonyl (C=O) groups excluding carboxylic acids is 6. The molecule has 0 bridgehead atoms. The Balaban J connectivity index is 0.929. The van der Waals surface area contributed by atoms with Crippen molar-refractivity contribution in [1.29, 1.82) is 0 Å². The lowest BCUT2D eigenvalue weighted by atomic mass is 9.92. The molecule has 1 saturated carbocycles. The second-order valence-corrected chi connectivity index (χ2v) is 13.9. The molecule has 1 unspecified atom stereocenters. The summed E-state index contributed by atoms with van der Waals surface area (Å²) in [4.78, 5) is 88.9. The van der Waals surface area contributed by atoms with Gasteiger partial charge >= 0.3 is 0 Å². The van der Waals surface area contributed by atoms with E-state index in [0.717, 1.165) is 27.0 Å². The van der Waals surface area contributed by atoms with Gasteiger partial charge in [0, 0.05) is 69.2 Å². The Hall–Kier alpha value is -6.12. The lowest BCUT2D eigenvalue weighted by molar-refractivity contribution is -0.132. The smallest absolute Gasteiger partial charge is 0.276 e. The third-order valence-electron chi connectivity index (χ3n) is 10.2. The predicted octanol–water partition coefficient (Wildman–Crippen LogP) is 2.82. The number of imide groups is 1. The second kappa shape index (κ2) is 16.5. The summed E-state index contributed by atoms with van der Waals surface area (Å²) in [5.74, 6) is -0.799. The first kappa shape index (κ1) is 38.6. The molecule has 3 heterocycles. The number of amides is 4. The fourth-order valence-electron chi connectivity index (χ4n) is 7.27. The van der Waals surface area contributed by atoms with Gasteiger partial charge in [0.15, 0.2) is 5.78 Å². The molecule has 4 amide bonds. The van der Waals surface area contributed by atoms with Gasteiger partial charge in [-0.2, -0.15) is 5.10 Å². The van der Waals surface area contributed by atoms with E-state index in [4.69, 9.17) is 9.47 Å². The van der Waals surface area contributed by atoms with Crippen molar-refractivity contribution in [3.63, 3.8) is 0 Å². The number of nitrogens with zero attached hydrogens (tertiary/aromatic N) is 4. The van der Waals surface area contributed by atoms with Crippen molar-refractivity contribution in [3.05, 3.63) is 75.3 Å². The number of pyridine rings is 1. The van der Waals surface area contributed by atoms with Crippen LogP contribution in [0.2, 0.25) is 0 Å². The molecule has 55 heavy (non-hydrogen) atoms. The highest BCUT2D eigenvalue weighted by Crippen LogP contribution is 2.38. The predicted molar refractivity (Wildman–Crippen MR) is 201 cm³/mol. The normalized spacial score (nSPS) is 15.4. The molecule has 6 rings (SSSR count). The fourth-order valence-corrected chi connectivity index (χ4v) is 7.27. The van der Waals surface area contributed by atoms with Crippen LogP contribution in [0.3, 0.4) is 0 Å². The highest BCUT2D eigenvalue weighted by molar-refractivity contribution is 6.23. The molecule has 1 aliphatic heterocycles. The average molecular weight is 753 g/mol. The lowest BCUT2D eigenvalue weighted by Gasteiger charge is -2.27. The zero-order valence-corrected chi connectivity index (χ0v) is 31.4. The van der Waals surface area contributed by atoms with Crippen LogP contribution in [0, 0.1) is 0 Å². The van der Waals surface area contributed by atoms with E-state index < -0.39 is 23.6 Å². The SMILES string of the molecule is COc1cc(-c2cn(C)c(=O)c3c2cnn3C)cc(OC)c1CCCC(=O)NCCCNC(=O)CCc1ccc2c(c1)C(=O)N(C1CCC(=O)CC1=O)C2=O. The van der Waals surface area contributed by atoms with E-state index in [2.05, 4.69) is 15.7 Å². The molecule has 0 saturated heterocycles. The van der Waals surface area contributed by atoms with Crippen LogP contribution in [0.15, 0.2) is 47.5 Å². The molecule has 0 spiro atoms. The summed E-state index contributed by atoms with van der Waals surface area (Å²) in [5.41, 5.74) is 3.90. The molecule has 4 aromatic rings. The van der Waals surface area contributed by atoms with Crippen LogP contribution in [0.25, 0.3) is 22.0 Å². The number of fused-ring (bicyclic) bond motifs is 2. The Labute approximate surface area is 316 Å². The van der Waals surface area contributed by atoms with Crippen LogP contribution in [-0.4, -0.2) is 87.8 Å². The summed E-state index contributed by atoms with van der Waals surface area (Å²) < 4.78 is 14.6. The Bertz CT molecular complexity index is 2250. The van der Waals surface area contributed by atoms with E-state index >= 15 is 0 Å². The molecule has 15 heteroatoms. The van der Waals surface area contributed by atoms with Crippen LogP contribution in [0.5, 0.6) is 11.5 Å². The van der Waals surface area contributed by atoms with Crippen LogP contribution >= 0.6 is 0 Å². The third-order valence-corrected chi connectivity index (χ3v) is 10.2. The van der Waals surface area contributed by atoms with Gasteiger partial charge in [-0.15, -0.1) is 0 Å². The van der Waals surface area contributed by atoms with Gasteiger partial charge in [0.25, 0.3) is 17.4 Å². The largest absolute Gasteiger partial charge is 0.496 e. The number of nitrogens with one attached hydrogen (secondary N) is 2. The minimum absolute atomic E-state index is 0.116. The summed E-state index contributed by atoms with van der Waals surface area (Å²) in [6.07, 6.45) is 5.84. The molecule has 2 aromatic carbocycles. The molecule has 0 radical (unpaired) electrons. The van der Waals surface area contributed by atoms with Gasteiger partial charge in [-0.05, 0) is 67.5 Å². The van der Waals surface area contributed by atoms with Crippen molar-refractivity contribution < 1.29 is 38.2 Å².